The third-order valence-corrected chi connectivity index (χ3v) is 6.38. The highest BCUT2D eigenvalue weighted by Gasteiger charge is 2.60. The quantitative estimate of drug-likeness (QED) is 0.470. The van der Waals surface area contributed by atoms with Gasteiger partial charge in [0.15, 0.2) is 4.34 Å². The van der Waals surface area contributed by atoms with Crippen LogP contribution in [0.4, 0.5) is 4.79 Å². The van der Waals surface area contributed by atoms with Gasteiger partial charge in [-0.1, -0.05) is 23.1 Å². The van der Waals surface area contributed by atoms with Crippen molar-refractivity contribution in [2.45, 2.75) is 29.8 Å². The summed E-state index contributed by atoms with van der Waals surface area (Å²) in [5.74, 6) is 0.790. The Morgan fingerprint density at radius 2 is 2.39 bits per heavy atom. The van der Waals surface area contributed by atoms with Crippen LogP contribution in [-0.4, -0.2) is 56.6 Å². The van der Waals surface area contributed by atoms with Crippen LogP contribution < -0.4 is 5.32 Å². The minimum atomic E-state index is -1.39. The molecule has 122 valence electrons. The van der Waals surface area contributed by atoms with Crippen molar-refractivity contribution in [3.8, 4) is 0 Å². The number of carbonyl (C=O) groups excluding carboxylic acids is 1. The average molecular weight is 354 g/mol. The van der Waals surface area contributed by atoms with E-state index in [-0.39, 0.29) is 29.8 Å². The van der Waals surface area contributed by atoms with Crippen LogP contribution in [0.5, 0.6) is 0 Å². The van der Waals surface area contributed by atoms with E-state index >= 15 is 0 Å². The Labute approximate surface area is 139 Å². The smallest absolute Gasteiger partial charge is 0.449 e. The summed E-state index contributed by atoms with van der Waals surface area (Å²) in [5.41, 5.74) is 0.882. The first-order valence-electron chi connectivity index (χ1n) is 7.19. The van der Waals surface area contributed by atoms with Gasteiger partial charge in [-0.3, -0.25) is 9.69 Å². The van der Waals surface area contributed by atoms with Gasteiger partial charge in [0.2, 0.25) is 11.8 Å². The Morgan fingerprint density at radius 1 is 1.57 bits per heavy atom. The molecule has 8 nitrogen and oxygen atoms in total. The molecule has 1 aromatic rings. The van der Waals surface area contributed by atoms with Crippen molar-refractivity contribution < 1.29 is 19.4 Å². The summed E-state index contributed by atoms with van der Waals surface area (Å²) in [7, 11) is 0. The number of carbonyl (C=O) groups is 2. The maximum Gasteiger partial charge on any atom is 0.512 e. The molecule has 0 spiro atoms. The van der Waals surface area contributed by atoms with Crippen molar-refractivity contribution in [3.63, 3.8) is 0 Å². The van der Waals surface area contributed by atoms with Crippen LogP contribution in [0.2, 0.25) is 0 Å². The summed E-state index contributed by atoms with van der Waals surface area (Å²) in [5, 5.41) is 21.1. The minimum absolute atomic E-state index is 0.0163. The van der Waals surface area contributed by atoms with Gasteiger partial charge in [0.1, 0.15) is 11.0 Å². The molecule has 0 radical (unpaired) electrons. The fourth-order valence-electron chi connectivity index (χ4n) is 3.47. The number of aryl methyl sites for hydroxylation is 1. The van der Waals surface area contributed by atoms with Crippen LogP contribution in [0.25, 0.3) is 0 Å². The number of carboxylic acid groups (broad SMARTS) is 1. The van der Waals surface area contributed by atoms with Gasteiger partial charge in [-0.15, -0.1) is 10.2 Å². The van der Waals surface area contributed by atoms with Crippen molar-refractivity contribution in [1.29, 1.82) is 0 Å². The van der Waals surface area contributed by atoms with Gasteiger partial charge in [-0.25, -0.2) is 4.79 Å². The first-order valence-corrected chi connectivity index (χ1v) is 8.99. The van der Waals surface area contributed by atoms with Gasteiger partial charge in [0.25, 0.3) is 0 Å². The molecule has 0 bridgehead atoms. The van der Waals surface area contributed by atoms with E-state index in [0.29, 0.717) is 5.75 Å². The Hall–Kier alpha value is -1.65. The van der Waals surface area contributed by atoms with Crippen LogP contribution >= 0.6 is 23.1 Å². The molecule has 10 heteroatoms. The molecule has 2 N–H and O–H groups in total. The zero-order valence-electron chi connectivity index (χ0n) is 12.2. The van der Waals surface area contributed by atoms with E-state index in [0.717, 1.165) is 27.9 Å². The van der Waals surface area contributed by atoms with Crippen LogP contribution in [-0.2, 0) is 9.53 Å². The lowest BCUT2D eigenvalue weighted by molar-refractivity contribution is -0.152. The average Bonchev–Trinajstić information content (AvgIpc) is 3.04. The van der Waals surface area contributed by atoms with Crippen molar-refractivity contribution >= 4 is 35.2 Å². The summed E-state index contributed by atoms with van der Waals surface area (Å²) in [4.78, 5) is 24.7. The predicted molar refractivity (Wildman–Crippen MR) is 82.0 cm³/mol. The molecule has 4 heterocycles. The number of β-lactam (4-membered cyclic amide) rings is 1. The Morgan fingerprint density at radius 3 is 3.09 bits per heavy atom. The SMILES string of the molecule is Cc1nnc(SCC2=C(OC(=O)O)N3C(=O)[C@H]4NCCC2[C@H]43)s1. The number of thioether (sulfide) groups is 1. The van der Waals surface area contributed by atoms with Crippen LogP contribution in [0.3, 0.4) is 0 Å². The molecule has 1 aromatic heterocycles. The predicted octanol–water partition coefficient (Wildman–Crippen LogP) is 1.05. The molecule has 2 fully saturated rings. The van der Waals surface area contributed by atoms with E-state index in [1.165, 1.54) is 28.0 Å². The monoisotopic (exact) mass is 354 g/mol. The van der Waals surface area contributed by atoms with Gasteiger partial charge in [-0.05, 0) is 19.9 Å². The Kier molecular flexibility index (Phi) is 3.54. The lowest BCUT2D eigenvalue weighted by Crippen LogP contribution is -2.71. The number of ether oxygens (including phenoxy) is 1. The maximum absolute atomic E-state index is 12.2. The van der Waals surface area contributed by atoms with E-state index in [2.05, 4.69) is 15.5 Å². The molecule has 1 amide bonds. The molecule has 3 aliphatic heterocycles. The molecular formula is C13H14N4O4S2. The Balaban J connectivity index is 1.61. The summed E-state index contributed by atoms with van der Waals surface area (Å²) in [6.45, 7) is 2.63. The number of piperidine rings is 1. The van der Waals surface area contributed by atoms with Gasteiger partial charge in [0, 0.05) is 17.2 Å². The topological polar surface area (TPSA) is 105 Å². The molecule has 0 saturated carbocycles. The van der Waals surface area contributed by atoms with Gasteiger partial charge in [0.05, 0.1) is 6.04 Å². The molecule has 4 rings (SSSR count). The van der Waals surface area contributed by atoms with Gasteiger partial charge < -0.3 is 15.2 Å². The van der Waals surface area contributed by atoms with Gasteiger partial charge >= 0.3 is 6.16 Å². The molecule has 23 heavy (non-hydrogen) atoms. The van der Waals surface area contributed by atoms with Crippen LogP contribution in [0, 0.1) is 12.8 Å². The molecule has 0 aliphatic carbocycles. The van der Waals surface area contributed by atoms with Crippen molar-refractivity contribution in [2.24, 2.45) is 5.92 Å². The summed E-state index contributed by atoms with van der Waals surface area (Å²) < 4.78 is 5.79. The van der Waals surface area contributed by atoms with E-state index < -0.39 is 6.16 Å². The number of hydrogen-bond donors (Lipinski definition) is 2. The second kappa shape index (κ2) is 5.46. The van der Waals surface area contributed by atoms with E-state index in [9.17, 15) is 9.59 Å². The first kappa shape index (κ1) is 14.9. The first-order chi connectivity index (χ1) is 11.1. The van der Waals surface area contributed by atoms with Crippen molar-refractivity contribution in [1.82, 2.24) is 20.4 Å². The third-order valence-electron chi connectivity index (χ3n) is 4.36. The highest BCUT2D eigenvalue weighted by atomic mass is 32.2. The van der Waals surface area contributed by atoms with E-state index in [4.69, 9.17) is 9.84 Å². The number of amides is 1. The summed E-state index contributed by atoms with van der Waals surface area (Å²) in [6, 6.07) is -0.232. The molecular weight excluding hydrogens is 340 g/mol. The molecule has 1 unspecified atom stereocenters. The summed E-state index contributed by atoms with van der Waals surface area (Å²) >= 11 is 3.00. The number of hydrogen-bond acceptors (Lipinski definition) is 8. The number of nitrogens with one attached hydrogen (secondary N) is 1. The van der Waals surface area contributed by atoms with Crippen LogP contribution in [0.1, 0.15) is 11.4 Å². The summed E-state index contributed by atoms with van der Waals surface area (Å²) in [6.07, 6.45) is -0.528. The fourth-order valence-corrected chi connectivity index (χ4v) is 5.37. The standard InChI is InChI=1S/C13H14N4O4S2/c1-5-15-16-12(23-5)22-4-7-6-2-3-14-8-9(6)17(10(8)18)11(7)21-13(19)20/h6,8-9,14H,2-4H2,1H3,(H,19,20)/t6?,8-,9+/m0/s1. The minimum Gasteiger partial charge on any atom is -0.449 e. The zero-order chi connectivity index (χ0) is 16.1. The van der Waals surface area contributed by atoms with Crippen LogP contribution in [0.15, 0.2) is 15.8 Å². The largest absolute Gasteiger partial charge is 0.512 e. The Bertz CT molecular complexity index is 719. The maximum atomic E-state index is 12.2. The number of nitrogens with zero attached hydrogens (tertiary/aromatic N) is 3. The third kappa shape index (κ3) is 2.32. The normalized spacial score (nSPS) is 28.7. The lowest BCUT2D eigenvalue weighted by atomic mass is 9.80. The number of rotatable bonds is 4. The van der Waals surface area contributed by atoms with E-state index in [1.807, 2.05) is 6.92 Å². The number of aromatic nitrogens is 2. The molecule has 3 aliphatic rings. The second-order valence-corrected chi connectivity index (χ2v) is 8.00. The highest BCUT2D eigenvalue weighted by molar-refractivity contribution is 8.01. The second-order valence-electron chi connectivity index (χ2n) is 5.60. The van der Waals surface area contributed by atoms with Gasteiger partial charge in [-0.2, -0.15) is 0 Å². The highest BCUT2D eigenvalue weighted by Crippen LogP contribution is 2.47. The lowest BCUT2D eigenvalue weighted by Gasteiger charge is -2.48. The fraction of sp³-hybridized carbons (Fsp3) is 0.538. The molecule has 3 atom stereocenters. The molecule has 0 aromatic carbocycles. The molecule has 2 saturated heterocycles. The van der Waals surface area contributed by atoms with E-state index in [1.54, 1.807) is 0 Å². The van der Waals surface area contributed by atoms with Crippen molar-refractivity contribution in [3.05, 3.63) is 16.5 Å². The van der Waals surface area contributed by atoms with Crippen molar-refractivity contribution in [2.75, 3.05) is 12.3 Å². The zero-order valence-corrected chi connectivity index (χ0v) is 13.8.